The Kier molecular flexibility index (Phi) is 3.72. The molecule has 98 valence electrons. The summed E-state index contributed by atoms with van der Waals surface area (Å²) in [4.78, 5) is 0. The van der Waals surface area contributed by atoms with Crippen molar-refractivity contribution in [3.05, 3.63) is 72.0 Å². The van der Waals surface area contributed by atoms with Gasteiger partial charge in [-0.1, -0.05) is 43.0 Å². The lowest BCUT2D eigenvalue weighted by atomic mass is 10.1. The Balaban J connectivity index is 2.52. The van der Waals surface area contributed by atoms with E-state index in [0.29, 0.717) is 11.3 Å². The Morgan fingerprint density at radius 2 is 2.00 bits per heavy atom. The van der Waals surface area contributed by atoms with E-state index in [0.717, 1.165) is 16.5 Å². The molecule has 1 aromatic heterocycles. The van der Waals surface area contributed by atoms with Crippen molar-refractivity contribution >= 4 is 11.0 Å². The van der Waals surface area contributed by atoms with Gasteiger partial charge in [0.05, 0.1) is 0 Å². The number of aryl methyl sites for hydroxylation is 2. The molecule has 1 N–H and O–H groups in total. The molecule has 1 unspecified atom stereocenters. The van der Waals surface area contributed by atoms with Crippen LogP contribution in [0.1, 0.15) is 23.0 Å². The predicted octanol–water partition coefficient (Wildman–Crippen LogP) is 4.38. The standard InChI is InChI=1S/C17H18O2/c1-5-7-13(6-2)16(18)15-10-14-9-11(3)8-12(4)17(14)19-15/h5-10,16,18H,1-2H2,3-4H3/b13-7+. The molecule has 0 aliphatic heterocycles. The molecule has 0 spiro atoms. The maximum Gasteiger partial charge on any atom is 0.138 e. The first-order valence-electron chi connectivity index (χ1n) is 6.20. The quantitative estimate of drug-likeness (QED) is 0.821. The van der Waals surface area contributed by atoms with Crippen molar-refractivity contribution < 1.29 is 9.52 Å². The van der Waals surface area contributed by atoms with Crippen LogP contribution in [0.2, 0.25) is 0 Å². The maximum atomic E-state index is 10.3. The molecule has 1 atom stereocenters. The number of hydrogen-bond donors (Lipinski definition) is 1. The molecule has 0 aliphatic rings. The van der Waals surface area contributed by atoms with Crippen LogP contribution in [0.3, 0.4) is 0 Å². The lowest BCUT2D eigenvalue weighted by Gasteiger charge is -2.07. The minimum absolute atomic E-state index is 0.525. The highest BCUT2D eigenvalue weighted by atomic mass is 16.4. The molecule has 0 bridgehead atoms. The summed E-state index contributed by atoms with van der Waals surface area (Å²) in [6.45, 7) is 11.4. The zero-order chi connectivity index (χ0) is 14.0. The molecule has 1 aromatic carbocycles. The van der Waals surface area contributed by atoms with Crippen LogP contribution in [-0.4, -0.2) is 5.11 Å². The Morgan fingerprint density at radius 3 is 2.63 bits per heavy atom. The second kappa shape index (κ2) is 5.29. The van der Waals surface area contributed by atoms with Gasteiger partial charge in [-0.25, -0.2) is 0 Å². The van der Waals surface area contributed by atoms with Crippen molar-refractivity contribution in [2.75, 3.05) is 0 Å². The Labute approximate surface area is 113 Å². The second-order valence-corrected chi connectivity index (χ2v) is 4.66. The summed E-state index contributed by atoms with van der Waals surface area (Å²) in [5, 5.41) is 11.3. The number of rotatable bonds is 4. The molecule has 0 amide bonds. The van der Waals surface area contributed by atoms with Gasteiger partial charge in [0, 0.05) is 5.39 Å². The number of fused-ring (bicyclic) bond motifs is 1. The highest BCUT2D eigenvalue weighted by Gasteiger charge is 2.16. The fraction of sp³-hybridized carbons (Fsp3) is 0.176. The van der Waals surface area contributed by atoms with Gasteiger partial charge >= 0.3 is 0 Å². The molecule has 1 heterocycles. The van der Waals surface area contributed by atoms with E-state index < -0.39 is 6.10 Å². The number of hydrogen-bond acceptors (Lipinski definition) is 2. The van der Waals surface area contributed by atoms with E-state index in [9.17, 15) is 5.11 Å². The maximum absolute atomic E-state index is 10.3. The number of benzene rings is 1. The Bertz CT molecular complexity index is 659. The van der Waals surface area contributed by atoms with Gasteiger partial charge in [-0.3, -0.25) is 0 Å². The SMILES string of the molecule is C=C/C=C(\C=C)C(O)c1cc2cc(C)cc(C)c2o1. The number of aliphatic hydroxyl groups excluding tert-OH is 1. The highest BCUT2D eigenvalue weighted by molar-refractivity contribution is 5.82. The van der Waals surface area contributed by atoms with E-state index >= 15 is 0 Å². The second-order valence-electron chi connectivity index (χ2n) is 4.66. The average molecular weight is 254 g/mol. The molecular weight excluding hydrogens is 236 g/mol. The van der Waals surface area contributed by atoms with Crippen LogP contribution >= 0.6 is 0 Å². The largest absolute Gasteiger partial charge is 0.458 e. The van der Waals surface area contributed by atoms with Gasteiger partial charge in [0.2, 0.25) is 0 Å². The minimum Gasteiger partial charge on any atom is -0.458 e. The van der Waals surface area contributed by atoms with Crippen molar-refractivity contribution in [2.45, 2.75) is 20.0 Å². The van der Waals surface area contributed by atoms with Crippen LogP contribution < -0.4 is 0 Å². The Hall–Kier alpha value is -2.06. The number of allylic oxidation sites excluding steroid dienone is 2. The average Bonchev–Trinajstić information content (AvgIpc) is 2.79. The van der Waals surface area contributed by atoms with E-state index in [1.165, 1.54) is 5.56 Å². The van der Waals surface area contributed by atoms with E-state index in [1.807, 2.05) is 26.0 Å². The molecule has 0 radical (unpaired) electrons. The summed E-state index contributed by atoms with van der Waals surface area (Å²) in [5.41, 5.74) is 3.74. The molecule has 2 heteroatoms. The smallest absolute Gasteiger partial charge is 0.138 e. The van der Waals surface area contributed by atoms with Crippen molar-refractivity contribution in [1.82, 2.24) is 0 Å². The third-order valence-corrected chi connectivity index (χ3v) is 3.10. The molecule has 2 aromatic rings. The van der Waals surface area contributed by atoms with E-state index in [-0.39, 0.29) is 0 Å². The summed E-state index contributed by atoms with van der Waals surface area (Å²) in [5.74, 6) is 0.525. The fourth-order valence-corrected chi connectivity index (χ4v) is 2.24. The fourth-order valence-electron chi connectivity index (χ4n) is 2.24. The first-order chi connectivity index (χ1) is 9.06. The van der Waals surface area contributed by atoms with Crippen LogP contribution in [0.4, 0.5) is 0 Å². The molecule has 0 aliphatic carbocycles. The molecule has 2 nitrogen and oxygen atoms in total. The van der Waals surface area contributed by atoms with E-state index in [2.05, 4.69) is 19.2 Å². The van der Waals surface area contributed by atoms with Gasteiger partial charge < -0.3 is 9.52 Å². The first-order valence-corrected chi connectivity index (χ1v) is 6.20. The van der Waals surface area contributed by atoms with Crippen LogP contribution in [0, 0.1) is 13.8 Å². The number of aliphatic hydroxyl groups is 1. The zero-order valence-electron chi connectivity index (χ0n) is 11.3. The van der Waals surface area contributed by atoms with Gasteiger partial charge in [-0.2, -0.15) is 0 Å². The van der Waals surface area contributed by atoms with E-state index in [1.54, 1.807) is 18.2 Å². The van der Waals surface area contributed by atoms with Crippen molar-refractivity contribution in [1.29, 1.82) is 0 Å². The summed E-state index contributed by atoms with van der Waals surface area (Å²) in [6.07, 6.45) is 4.14. The predicted molar refractivity (Wildman–Crippen MR) is 79.1 cm³/mol. The van der Waals surface area contributed by atoms with Crippen molar-refractivity contribution in [3.8, 4) is 0 Å². The van der Waals surface area contributed by atoms with Crippen LogP contribution in [0.5, 0.6) is 0 Å². The summed E-state index contributed by atoms with van der Waals surface area (Å²) >= 11 is 0. The topological polar surface area (TPSA) is 33.4 Å². The van der Waals surface area contributed by atoms with Gasteiger partial charge in [-0.05, 0) is 37.1 Å². The molecule has 19 heavy (non-hydrogen) atoms. The van der Waals surface area contributed by atoms with Gasteiger partial charge in [-0.15, -0.1) is 0 Å². The normalized spacial score (nSPS) is 13.5. The third-order valence-electron chi connectivity index (χ3n) is 3.10. The summed E-state index contributed by atoms with van der Waals surface area (Å²) in [6, 6.07) is 5.99. The highest BCUT2D eigenvalue weighted by Crippen LogP contribution is 2.30. The molecule has 0 saturated carbocycles. The summed E-state index contributed by atoms with van der Waals surface area (Å²) < 4.78 is 5.77. The van der Waals surface area contributed by atoms with Crippen LogP contribution in [0.15, 0.2) is 59.6 Å². The van der Waals surface area contributed by atoms with Crippen molar-refractivity contribution in [2.24, 2.45) is 0 Å². The molecule has 2 rings (SSSR count). The molecule has 0 fully saturated rings. The first kappa shape index (κ1) is 13.4. The lowest BCUT2D eigenvalue weighted by Crippen LogP contribution is -1.97. The molecular formula is C17H18O2. The molecule has 0 saturated heterocycles. The van der Waals surface area contributed by atoms with Gasteiger partial charge in [0.25, 0.3) is 0 Å². The lowest BCUT2D eigenvalue weighted by molar-refractivity contribution is 0.191. The van der Waals surface area contributed by atoms with Crippen LogP contribution in [0.25, 0.3) is 11.0 Å². The van der Waals surface area contributed by atoms with Gasteiger partial charge in [0.1, 0.15) is 17.4 Å². The third kappa shape index (κ3) is 2.54. The number of furan rings is 1. The van der Waals surface area contributed by atoms with Gasteiger partial charge in [0.15, 0.2) is 0 Å². The minimum atomic E-state index is -0.817. The zero-order valence-corrected chi connectivity index (χ0v) is 11.3. The van der Waals surface area contributed by atoms with Crippen molar-refractivity contribution in [3.63, 3.8) is 0 Å². The van der Waals surface area contributed by atoms with Crippen LogP contribution in [-0.2, 0) is 0 Å². The monoisotopic (exact) mass is 254 g/mol. The van der Waals surface area contributed by atoms with E-state index in [4.69, 9.17) is 4.42 Å². The summed E-state index contributed by atoms with van der Waals surface area (Å²) in [7, 11) is 0. The Morgan fingerprint density at radius 1 is 1.26 bits per heavy atom.